The average molecular weight is 339 g/mol. The molecule has 0 saturated carbocycles. The Labute approximate surface area is 139 Å². The molecule has 0 unspecified atom stereocenters. The van der Waals surface area contributed by atoms with Gasteiger partial charge in [0.1, 0.15) is 17.3 Å². The van der Waals surface area contributed by atoms with E-state index in [0.29, 0.717) is 5.56 Å². The topological polar surface area (TPSA) is 131 Å². The van der Waals surface area contributed by atoms with Gasteiger partial charge in [0.2, 0.25) is 0 Å². The largest absolute Gasteiger partial charge is 0.480 e. The van der Waals surface area contributed by atoms with Crippen LogP contribution in [0.15, 0.2) is 18.2 Å². The second-order valence-corrected chi connectivity index (χ2v) is 6.15. The van der Waals surface area contributed by atoms with Crippen LogP contribution in [0.25, 0.3) is 0 Å². The number of carboxylic acid groups (broad SMARTS) is 1. The Morgan fingerprint density at radius 2 is 2.00 bits per heavy atom. The molecule has 0 heterocycles. The van der Waals surface area contributed by atoms with Crippen molar-refractivity contribution in [3.05, 3.63) is 33.9 Å². The van der Waals surface area contributed by atoms with Gasteiger partial charge in [-0.1, -0.05) is 12.1 Å². The van der Waals surface area contributed by atoms with Crippen LogP contribution in [-0.2, 0) is 9.53 Å². The number of aliphatic carboxylic acids is 1. The normalized spacial score (nSPS) is 12.2. The van der Waals surface area contributed by atoms with E-state index in [9.17, 15) is 24.8 Å². The van der Waals surface area contributed by atoms with Crippen LogP contribution in [0.5, 0.6) is 0 Å². The van der Waals surface area contributed by atoms with Gasteiger partial charge in [-0.2, -0.15) is 0 Å². The molecule has 0 aliphatic rings. The lowest BCUT2D eigenvalue weighted by Crippen LogP contribution is -2.47. The van der Waals surface area contributed by atoms with E-state index in [1.807, 2.05) is 0 Å². The Morgan fingerprint density at radius 1 is 1.38 bits per heavy atom. The summed E-state index contributed by atoms with van der Waals surface area (Å²) in [6.07, 6.45) is -0.879. The standard InChI is InChI=1S/C15H21N3O6/c1-9-6-5-7-10(12(9)18(22)23)16-8-11(13(19)20)17-14(21)24-15(2,3)4/h5-7,11,16H,8H2,1-4H3,(H,17,21)(H,19,20)/t11-/m1/s1. The van der Waals surface area contributed by atoms with Crippen molar-refractivity contribution < 1.29 is 24.4 Å². The minimum atomic E-state index is -1.31. The summed E-state index contributed by atoms with van der Waals surface area (Å²) in [5, 5.41) is 25.2. The van der Waals surface area contributed by atoms with Gasteiger partial charge in [-0.15, -0.1) is 0 Å². The van der Waals surface area contributed by atoms with Gasteiger partial charge in [0, 0.05) is 12.1 Å². The predicted octanol–water partition coefficient (Wildman–Crippen LogP) is 2.29. The quantitative estimate of drug-likeness (QED) is 0.535. The number of hydrogen-bond donors (Lipinski definition) is 3. The number of nitro groups is 1. The summed E-state index contributed by atoms with van der Waals surface area (Å²) in [7, 11) is 0. The fraction of sp³-hybridized carbons (Fsp3) is 0.467. The Balaban J connectivity index is 2.82. The molecule has 0 radical (unpaired) electrons. The van der Waals surface area contributed by atoms with E-state index in [1.54, 1.807) is 39.8 Å². The Bertz CT molecular complexity index is 639. The summed E-state index contributed by atoms with van der Waals surface area (Å²) in [6.45, 7) is 6.29. The second kappa shape index (κ2) is 7.62. The fourth-order valence-electron chi connectivity index (χ4n) is 1.91. The molecule has 1 amide bonds. The lowest BCUT2D eigenvalue weighted by Gasteiger charge is -2.22. The van der Waals surface area contributed by atoms with Crippen LogP contribution in [-0.4, -0.2) is 40.3 Å². The number of carboxylic acids is 1. The molecule has 0 aliphatic heterocycles. The van der Waals surface area contributed by atoms with Crippen LogP contribution >= 0.6 is 0 Å². The first-order chi connectivity index (χ1) is 11.0. The molecule has 1 atom stereocenters. The molecule has 0 saturated heterocycles. The minimum Gasteiger partial charge on any atom is -0.480 e. The number of nitrogens with one attached hydrogen (secondary N) is 2. The van der Waals surface area contributed by atoms with Crippen LogP contribution in [0.1, 0.15) is 26.3 Å². The molecule has 0 fully saturated rings. The zero-order chi connectivity index (χ0) is 18.5. The number of rotatable bonds is 6. The molecule has 132 valence electrons. The minimum absolute atomic E-state index is 0.140. The maximum absolute atomic E-state index is 11.7. The van der Waals surface area contributed by atoms with Crippen LogP contribution in [0.3, 0.4) is 0 Å². The maximum atomic E-state index is 11.7. The molecule has 1 aromatic carbocycles. The van der Waals surface area contributed by atoms with E-state index in [0.717, 1.165) is 0 Å². The highest BCUT2D eigenvalue weighted by atomic mass is 16.6. The van der Waals surface area contributed by atoms with Gasteiger partial charge in [0.25, 0.3) is 5.69 Å². The molecule has 1 rings (SSSR count). The zero-order valence-corrected chi connectivity index (χ0v) is 14.0. The molecular weight excluding hydrogens is 318 g/mol. The highest BCUT2D eigenvalue weighted by Gasteiger charge is 2.25. The van der Waals surface area contributed by atoms with Gasteiger partial charge < -0.3 is 20.5 Å². The summed E-state index contributed by atoms with van der Waals surface area (Å²) < 4.78 is 5.00. The first-order valence-electron chi connectivity index (χ1n) is 7.21. The number of nitro benzene ring substituents is 1. The third kappa shape index (κ3) is 5.75. The number of carbonyl (C=O) groups is 2. The van der Waals surface area contributed by atoms with Crippen LogP contribution in [0, 0.1) is 17.0 Å². The number of hydrogen-bond acceptors (Lipinski definition) is 6. The van der Waals surface area contributed by atoms with Gasteiger partial charge in [0.05, 0.1) is 4.92 Å². The zero-order valence-electron chi connectivity index (χ0n) is 14.0. The van der Waals surface area contributed by atoms with E-state index in [1.165, 1.54) is 6.07 Å². The average Bonchev–Trinajstić information content (AvgIpc) is 2.40. The Hall–Kier alpha value is -2.84. The van der Waals surface area contributed by atoms with E-state index < -0.39 is 28.6 Å². The van der Waals surface area contributed by atoms with Crippen LogP contribution in [0.4, 0.5) is 16.2 Å². The van der Waals surface area contributed by atoms with Crippen LogP contribution in [0.2, 0.25) is 0 Å². The van der Waals surface area contributed by atoms with Crippen molar-refractivity contribution >= 4 is 23.4 Å². The molecule has 0 bridgehead atoms. The SMILES string of the molecule is Cc1cccc(NC[C@@H](NC(=O)OC(C)(C)C)C(=O)O)c1[N+](=O)[O-]. The lowest BCUT2D eigenvalue weighted by molar-refractivity contribution is -0.384. The molecule has 9 heteroatoms. The van der Waals surface area contributed by atoms with Crippen molar-refractivity contribution in [3.63, 3.8) is 0 Å². The van der Waals surface area contributed by atoms with Crippen molar-refractivity contribution in [1.82, 2.24) is 5.32 Å². The third-order valence-corrected chi connectivity index (χ3v) is 2.91. The number of ether oxygens (including phenoxy) is 1. The first kappa shape index (κ1) is 19.2. The second-order valence-electron chi connectivity index (χ2n) is 6.15. The summed E-state index contributed by atoms with van der Waals surface area (Å²) in [5.74, 6) is -1.29. The molecule has 0 aromatic heterocycles. The third-order valence-electron chi connectivity index (χ3n) is 2.91. The van der Waals surface area contributed by atoms with E-state index in [-0.39, 0.29) is 17.9 Å². The number of carbonyl (C=O) groups excluding carboxylic acids is 1. The van der Waals surface area contributed by atoms with Gasteiger partial charge in [-0.25, -0.2) is 9.59 Å². The number of aryl methyl sites for hydroxylation is 1. The number of anilines is 1. The van der Waals surface area contributed by atoms with E-state index in [4.69, 9.17) is 4.74 Å². The monoisotopic (exact) mass is 339 g/mol. The molecule has 1 aromatic rings. The highest BCUT2D eigenvalue weighted by molar-refractivity contribution is 5.81. The molecule has 0 spiro atoms. The highest BCUT2D eigenvalue weighted by Crippen LogP contribution is 2.27. The van der Waals surface area contributed by atoms with Crippen molar-refractivity contribution in [2.75, 3.05) is 11.9 Å². The summed E-state index contributed by atoms with van der Waals surface area (Å²) >= 11 is 0. The molecular formula is C15H21N3O6. The molecule has 3 N–H and O–H groups in total. The van der Waals surface area contributed by atoms with Crippen molar-refractivity contribution in [2.45, 2.75) is 39.3 Å². The fourth-order valence-corrected chi connectivity index (χ4v) is 1.91. The smallest absolute Gasteiger partial charge is 0.408 e. The number of amides is 1. The lowest BCUT2D eigenvalue weighted by atomic mass is 10.1. The molecule has 9 nitrogen and oxygen atoms in total. The summed E-state index contributed by atoms with van der Waals surface area (Å²) in [6, 6.07) is 3.36. The Morgan fingerprint density at radius 3 is 2.50 bits per heavy atom. The van der Waals surface area contributed by atoms with Crippen molar-refractivity contribution in [2.24, 2.45) is 0 Å². The molecule has 24 heavy (non-hydrogen) atoms. The summed E-state index contributed by atoms with van der Waals surface area (Å²) in [5.41, 5.74) is -0.288. The number of alkyl carbamates (subject to hydrolysis) is 1. The first-order valence-corrected chi connectivity index (χ1v) is 7.21. The number of para-hydroxylation sites is 1. The van der Waals surface area contributed by atoms with Gasteiger partial charge in [0.15, 0.2) is 0 Å². The predicted molar refractivity (Wildman–Crippen MR) is 87.1 cm³/mol. The van der Waals surface area contributed by atoms with Crippen LogP contribution < -0.4 is 10.6 Å². The van der Waals surface area contributed by atoms with Gasteiger partial charge >= 0.3 is 12.1 Å². The van der Waals surface area contributed by atoms with E-state index >= 15 is 0 Å². The molecule has 0 aliphatic carbocycles. The van der Waals surface area contributed by atoms with Gasteiger partial charge in [-0.05, 0) is 33.8 Å². The summed E-state index contributed by atoms with van der Waals surface area (Å²) in [4.78, 5) is 33.5. The number of nitrogens with zero attached hydrogens (tertiary/aromatic N) is 1. The van der Waals surface area contributed by atoms with Crippen molar-refractivity contribution in [1.29, 1.82) is 0 Å². The van der Waals surface area contributed by atoms with Crippen molar-refractivity contribution in [3.8, 4) is 0 Å². The number of benzene rings is 1. The van der Waals surface area contributed by atoms with E-state index in [2.05, 4.69) is 10.6 Å². The Kier molecular flexibility index (Phi) is 6.10. The van der Waals surface area contributed by atoms with Gasteiger partial charge in [-0.3, -0.25) is 10.1 Å². The maximum Gasteiger partial charge on any atom is 0.408 e.